The molecule has 15 heavy (non-hydrogen) atoms. The van der Waals surface area contributed by atoms with Gasteiger partial charge in [-0.1, -0.05) is 0 Å². The van der Waals surface area contributed by atoms with Crippen LogP contribution in [0.2, 0.25) is 0 Å². The molecule has 3 nitrogen and oxygen atoms in total. The lowest BCUT2D eigenvalue weighted by Crippen LogP contribution is -2.26. The average molecular weight is 272 g/mol. The molecule has 0 aliphatic rings. The molecule has 0 aliphatic carbocycles. The van der Waals surface area contributed by atoms with Gasteiger partial charge in [0, 0.05) is 18.3 Å². The Labute approximate surface area is 99.6 Å². The maximum atomic E-state index is 5.74. The third-order valence-corrected chi connectivity index (χ3v) is 2.69. The lowest BCUT2D eigenvalue weighted by Gasteiger charge is -2.17. The van der Waals surface area contributed by atoms with Crippen LogP contribution in [0.25, 0.3) is 0 Å². The molecule has 0 aliphatic heterocycles. The smallest absolute Gasteiger partial charge is 0.140 e. The molecule has 84 valence electrons. The number of halogens is 1. The lowest BCUT2D eigenvalue weighted by atomic mass is 10.1. The predicted molar refractivity (Wildman–Crippen MR) is 68.0 cm³/mol. The molecule has 1 heterocycles. The van der Waals surface area contributed by atoms with E-state index in [1.165, 1.54) is 0 Å². The van der Waals surface area contributed by atoms with E-state index >= 15 is 0 Å². The number of hydrogen-bond acceptors (Lipinski definition) is 3. The highest BCUT2D eigenvalue weighted by molar-refractivity contribution is 9.10. The second-order valence-corrected chi connectivity index (χ2v) is 4.96. The van der Waals surface area contributed by atoms with Crippen molar-refractivity contribution < 1.29 is 0 Å². The molecule has 2 unspecified atom stereocenters. The van der Waals surface area contributed by atoms with E-state index in [1.807, 2.05) is 26.1 Å². The Balaban J connectivity index is 2.64. The van der Waals surface area contributed by atoms with E-state index in [0.29, 0.717) is 6.04 Å². The van der Waals surface area contributed by atoms with Crippen molar-refractivity contribution in [1.29, 1.82) is 0 Å². The summed E-state index contributed by atoms with van der Waals surface area (Å²) >= 11 is 3.49. The summed E-state index contributed by atoms with van der Waals surface area (Å²) in [4.78, 5) is 4.33. The van der Waals surface area contributed by atoms with Crippen molar-refractivity contribution in [1.82, 2.24) is 4.98 Å². The van der Waals surface area contributed by atoms with Crippen molar-refractivity contribution in [3.8, 4) is 0 Å². The Morgan fingerprint density at radius 1 is 1.53 bits per heavy atom. The predicted octanol–water partition coefficient (Wildman–Crippen LogP) is 2.69. The monoisotopic (exact) mass is 271 g/mol. The van der Waals surface area contributed by atoms with Gasteiger partial charge in [-0.05, 0) is 54.8 Å². The van der Waals surface area contributed by atoms with Crippen molar-refractivity contribution >= 4 is 21.7 Å². The van der Waals surface area contributed by atoms with Crippen molar-refractivity contribution in [3.63, 3.8) is 0 Å². The van der Waals surface area contributed by atoms with E-state index in [9.17, 15) is 0 Å². The minimum atomic E-state index is 0.205. The zero-order valence-electron chi connectivity index (χ0n) is 9.42. The number of aromatic nitrogens is 1. The van der Waals surface area contributed by atoms with Gasteiger partial charge >= 0.3 is 0 Å². The van der Waals surface area contributed by atoms with Crippen LogP contribution in [-0.4, -0.2) is 17.1 Å². The topological polar surface area (TPSA) is 50.9 Å². The fraction of sp³-hybridized carbons (Fsp3) is 0.545. The number of anilines is 1. The molecular formula is C11H18BrN3. The summed E-state index contributed by atoms with van der Waals surface area (Å²) in [6.07, 6.45) is 2.79. The van der Waals surface area contributed by atoms with Crippen molar-refractivity contribution in [2.24, 2.45) is 5.73 Å². The maximum Gasteiger partial charge on any atom is 0.140 e. The molecule has 3 N–H and O–H groups in total. The molecule has 0 saturated heterocycles. The first kappa shape index (κ1) is 12.5. The first-order valence-corrected chi connectivity index (χ1v) is 5.92. The van der Waals surface area contributed by atoms with Crippen molar-refractivity contribution in [3.05, 3.63) is 22.3 Å². The molecule has 1 aromatic heterocycles. The first-order chi connectivity index (χ1) is 6.99. The average Bonchev–Trinajstić information content (AvgIpc) is 2.08. The molecule has 0 bridgehead atoms. The highest BCUT2D eigenvalue weighted by Gasteiger charge is 2.08. The largest absolute Gasteiger partial charge is 0.367 e. The Bertz CT molecular complexity index is 326. The second kappa shape index (κ2) is 5.47. The molecule has 0 aromatic carbocycles. The van der Waals surface area contributed by atoms with Crippen LogP contribution in [-0.2, 0) is 0 Å². The van der Waals surface area contributed by atoms with E-state index < -0.39 is 0 Å². The van der Waals surface area contributed by atoms with Gasteiger partial charge in [-0.15, -0.1) is 0 Å². The summed E-state index contributed by atoms with van der Waals surface area (Å²) in [7, 11) is 0. The van der Waals surface area contributed by atoms with E-state index in [-0.39, 0.29) is 6.04 Å². The molecule has 2 atom stereocenters. The standard InChI is InChI=1S/C11H18BrN3/c1-7-4-10(12)11(14-6-7)15-9(3)5-8(2)13/h4,6,8-9H,5,13H2,1-3H3,(H,14,15). The van der Waals surface area contributed by atoms with Crippen LogP contribution < -0.4 is 11.1 Å². The van der Waals surface area contributed by atoms with Crippen molar-refractivity contribution in [2.45, 2.75) is 39.3 Å². The number of pyridine rings is 1. The molecule has 0 saturated carbocycles. The lowest BCUT2D eigenvalue weighted by molar-refractivity contribution is 0.603. The summed E-state index contributed by atoms with van der Waals surface area (Å²) < 4.78 is 0.999. The highest BCUT2D eigenvalue weighted by atomic mass is 79.9. The van der Waals surface area contributed by atoms with Crippen LogP contribution in [0.3, 0.4) is 0 Å². The van der Waals surface area contributed by atoms with Gasteiger partial charge in [0.1, 0.15) is 5.82 Å². The third-order valence-electron chi connectivity index (χ3n) is 2.09. The zero-order valence-corrected chi connectivity index (χ0v) is 11.0. The van der Waals surface area contributed by atoms with Crippen LogP contribution in [0.4, 0.5) is 5.82 Å². The quantitative estimate of drug-likeness (QED) is 0.886. The Hall–Kier alpha value is -0.610. The van der Waals surface area contributed by atoms with Gasteiger partial charge in [-0.3, -0.25) is 0 Å². The van der Waals surface area contributed by atoms with Crippen LogP contribution in [0, 0.1) is 6.92 Å². The van der Waals surface area contributed by atoms with Gasteiger partial charge in [0.25, 0.3) is 0 Å². The molecule has 0 fully saturated rings. The second-order valence-electron chi connectivity index (χ2n) is 4.10. The molecule has 4 heteroatoms. The van der Waals surface area contributed by atoms with Gasteiger partial charge in [-0.25, -0.2) is 4.98 Å². The molecule has 0 radical (unpaired) electrons. The first-order valence-electron chi connectivity index (χ1n) is 5.13. The summed E-state index contributed by atoms with van der Waals surface area (Å²) in [6, 6.07) is 2.58. The Morgan fingerprint density at radius 2 is 2.20 bits per heavy atom. The minimum Gasteiger partial charge on any atom is -0.367 e. The van der Waals surface area contributed by atoms with Gasteiger partial charge in [0.2, 0.25) is 0 Å². The van der Waals surface area contributed by atoms with Crippen LogP contribution in [0.15, 0.2) is 16.7 Å². The molecule has 0 amide bonds. The van der Waals surface area contributed by atoms with Crippen LogP contribution in [0.1, 0.15) is 25.8 Å². The minimum absolute atomic E-state index is 0.205. The molecule has 1 aromatic rings. The number of nitrogens with one attached hydrogen (secondary N) is 1. The van der Waals surface area contributed by atoms with Gasteiger partial charge < -0.3 is 11.1 Å². The van der Waals surface area contributed by atoms with Crippen LogP contribution in [0.5, 0.6) is 0 Å². The van der Waals surface area contributed by atoms with E-state index in [4.69, 9.17) is 5.73 Å². The molecule has 1 rings (SSSR count). The van der Waals surface area contributed by atoms with E-state index in [1.54, 1.807) is 0 Å². The molecular weight excluding hydrogens is 254 g/mol. The molecule has 0 spiro atoms. The maximum absolute atomic E-state index is 5.74. The summed E-state index contributed by atoms with van der Waals surface area (Å²) in [5, 5.41) is 3.33. The summed E-state index contributed by atoms with van der Waals surface area (Å²) in [5.74, 6) is 0.883. The highest BCUT2D eigenvalue weighted by Crippen LogP contribution is 2.21. The zero-order chi connectivity index (χ0) is 11.4. The summed E-state index contributed by atoms with van der Waals surface area (Å²) in [6.45, 7) is 6.14. The normalized spacial score (nSPS) is 14.7. The van der Waals surface area contributed by atoms with Gasteiger partial charge in [0.15, 0.2) is 0 Å². The van der Waals surface area contributed by atoms with Crippen molar-refractivity contribution in [2.75, 3.05) is 5.32 Å². The number of hydrogen-bond donors (Lipinski definition) is 2. The van der Waals surface area contributed by atoms with E-state index in [0.717, 1.165) is 22.3 Å². The fourth-order valence-corrected chi connectivity index (χ4v) is 2.07. The Morgan fingerprint density at radius 3 is 2.73 bits per heavy atom. The number of nitrogens with zero attached hydrogens (tertiary/aromatic N) is 1. The summed E-state index contributed by atoms with van der Waals surface area (Å²) in [5.41, 5.74) is 6.88. The Kier molecular flexibility index (Phi) is 4.54. The van der Waals surface area contributed by atoms with Crippen LogP contribution >= 0.6 is 15.9 Å². The van der Waals surface area contributed by atoms with E-state index in [2.05, 4.69) is 33.2 Å². The van der Waals surface area contributed by atoms with Gasteiger partial charge in [-0.2, -0.15) is 0 Å². The third kappa shape index (κ3) is 4.18. The number of nitrogens with two attached hydrogens (primary N) is 1. The number of rotatable bonds is 4. The number of aryl methyl sites for hydroxylation is 1. The SMILES string of the molecule is Cc1cnc(NC(C)CC(C)N)c(Br)c1. The fourth-order valence-electron chi connectivity index (χ4n) is 1.49. The van der Waals surface area contributed by atoms with Gasteiger partial charge in [0.05, 0.1) is 4.47 Å².